The first kappa shape index (κ1) is 18.2. The van der Waals surface area contributed by atoms with E-state index in [4.69, 9.17) is 0 Å². The molecule has 3 heterocycles. The summed E-state index contributed by atoms with van der Waals surface area (Å²) < 4.78 is 0. The van der Waals surface area contributed by atoms with Crippen molar-refractivity contribution in [1.29, 1.82) is 0 Å². The highest BCUT2D eigenvalue weighted by molar-refractivity contribution is 8.10. The van der Waals surface area contributed by atoms with Crippen molar-refractivity contribution in [3.05, 3.63) is 0 Å². The first-order chi connectivity index (χ1) is 10.4. The molecule has 0 bridgehead atoms. The monoisotopic (exact) mass is 416 g/mol. The number of rotatable bonds is 11. The summed E-state index contributed by atoms with van der Waals surface area (Å²) in [5, 5.41) is 3.83. The Kier molecular flexibility index (Phi) is 9.07. The summed E-state index contributed by atoms with van der Waals surface area (Å²) in [7, 11) is 0. The Balaban J connectivity index is 1.28. The standard InChI is InChI=1S/C14H24S7/c1(18-11-3-15-4-11)2-19-14(9-20-12-5-16-6-12)10-21-13-7-17-8-13/h11-14H,1-10H2. The Morgan fingerprint density at radius 1 is 0.667 bits per heavy atom. The Morgan fingerprint density at radius 3 is 1.57 bits per heavy atom. The predicted molar refractivity (Wildman–Crippen MR) is 117 cm³/mol. The summed E-state index contributed by atoms with van der Waals surface area (Å²) in [6.45, 7) is 0. The highest BCUT2D eigenvalue weighted by Gasteiger charge is 2.24. The molecule has 0 atom stereocenters. The van der Waals surface area contributed by atoms with Crippen LogP contribution in [0.2, 0.25) is 0 Å². The van der Waals surface area contributed by atoms with Gasteiger partial charge in [-0.05, 0) is 0 Å². The van der Waals surface area contributed by atoms with Gasteiger partial charge < -0.3 is 0 Å². The summed E-state index contributed by atoms with van der Waals surface area (Å²) in [6.07, 6.45) is 0. The third-order valence-electron chi connectivity index (χ3n) is 3.65. The van der Waals surface area contributed by atoms with Crippen LogP contribution in [0.5, 0.6) is 0 Å². The minimum Gasteiger partial charge on any atom is -0.160 e. The lowest BCUT2D eigenvalue weighted by molar-refractivity contribution is 1.05. The summed E-state index contributed by atoms with van der Waals surface area (Å²) in [5.74, 6) is 14.0. The van der Waals surface area contributed by atoms with Crippen LogP contribution < -0.4 is 0 Å². The van der Waals surface area contributed by atoms with Crippen LogP contribution in [0.15, 0.2) is 0 Å². The van der Waals surface area contributed by atoms with Crippen molar-refractivity contribution >= 4 is 82.3 Å². The van der Waals surface area contributed by atoms with E-state index in [1.54, 1.807) is 0 Å². The van der Waals surface area contributed by atoms with Crippen LogP contribution in [-0.2, 0) is 0 Å². The fourth-order valence-electron chi connectivity index (χ4n) is 1.99. The average Bonchev–Trinajstić information content (AvgIpc) is 2.31. The molecule has 0 unspecified atom stereocenters. The number of thioether (sulfide) groups is 7. The zero-order valence-electron chi connectivity index (χ0n) is 12.2. The molecule has 0 saturated carbocycles. The topological polar surface area (TPSA) is 0 Å². The van der Waals surface area contributed by atoms with E-state index in [1.165, 1.54) is 57.5 Å². The molecule has 0 amide bonds. The molecule has 0 aromatic rings. The van der Waals surface area contributed by atoms with Crippen molar-refractivity contribution in [3.8, 4) is 0 Å². The van der Waals surface area contributed by atoms with Gasteiger partial charge in [-0.3, -0.25) is 0 Å². The van der Waals surface area contributed by atoms with E-state index in [0.717, 1.165) is 21.0 Å². The number of hydrogen-bond donors (Lipinski definition) is 0. The fourth-order valence-corrected chi connectivity index (χ4v) is 11.4. The largest absolute Gasteiger partial charge is 0.160 e. The second-order valence-corrected chi connectivity index (χ2v) is 14.2. The summed E-state index contributed by atoms with van der Waals surface area (Å²) in [4.78, 5) is 0. The molecule has 0 N–H and O–H groups in total. The quantitative estimate of drug-likeness (QED) is 0.444. The van der Waals surface area contributed by atoms with Crippen LogP contribution >= 0.6 is 82.3 Å². The molecule has 0 radical (unpaired) electrons. The molecule has 7 heteroatoms. The van der Waals surface area contributed by atoms with Gasteiger partial charge in [0.1, 0.15) is 0 Å². The van der Waals surface area contributed by atoms with E-state index in [0.29, 0.717) is 0 Å². The van der Waals surface area contributed by atoms with E-state index in [9.17, 15) is 0 Å². The lowest BCUT2D eigenvalue weighted by atomic mass is 10.5. The second kappa shape index (κ2) is 10.4. The Bertz CT molecular complexity index is 271. The Labute approximate surface area is 159 Å². The van der Waals surface area contributed by atoms with Crippen molar-refractivity contribution in [1.82, 2.24) is 0 Å². The highest BCUT2D eigenvalue weighted by Crippen LogP contribution is 2.35. The minimum atomic E-state index is 0.896. The summed E-state index contributed by atoms with van der Waals surface area (Å²) >= 11 is 15.4. The van der Waals surface area contributed by atoms with E-state index in [1.807, 2.05) is 0 Å². The van der Waals surface area contributed by atoms with Crippen LogP contribution in [0.25, 0.3) is 0 Å². The van der Waals surface area contributed by atoms with Gasteiger partial charge in [0.15, 0.2) is 0 Å². The van der Waals surface area contributed by atoms with Crippen molar-refractivity contribution < 1.29 is 0 Å². The van der Waals surface area contributed by atoms with Gasteiger partial charge in [0.25, 0.3) is 0 Å². The SMILES string of the molecule is C(CSC(CSC1CSC1)CSC1CSC1)SC1CSC1. The van der Waals surface area contributed by atoms with Crippen molar-refractivity contribution in [2.24, 2.45) is 0 Å². The normalized spacial score (nSPS) is 23.9. The highest BCUT2D eigenvalue weighted by atomic mass is 32.2. The molecule has 0 aromatic carbocycles. The molecular formula is C14H24S7. The van der Waals surface area contributed by atoms with Crippen molar-refractivity contribution in [2.45, 2.75) is 21.0 Å². The summed E-state index contributed by atoms with van der Waals surface area (Å²) in [5.41, 5.74) is 0. The molecule has 3 aliphatic heterocycles. The van der Waals surface area contributed by atoms with E-state index < -0.39 is 0 Å². The van der Waals surface area contributed by atoms with Gasteiger partial charge in [0.2, 0.25) is 0 Å². The first-order valence-corrected chi connectivity index (χ1v) is 15.3. The Morgan fingerprint density at radius 2 is 1.14 bits per heavy atom. The lowest BCUT2D eigenvalue weighted by Crippen LogP contribution is -2.26. The van der Waals surface area contributed by atoms with E-state index in [-0.39, 0.29) is 0 Å². The molecule has 3 saturated heterocycles. The van der Waals surface area contributed by atoms with Crippen LogP contribution in [-0.4, -0.2) is 78.5 Å². The van der Waals surface area contributed by atoms with Crippen LogP contribution in [0.4, 0.5) is 0 Å². The maximum atomic E-state index is 2.27. The number of hydrogen-bond acceptors (Lipinski definition) is 7. The van der Waals surface area contributed by atoms with Crippen molar-refractivity contribution in [3.63, 3.8) is 0 Å². The van der Waals surface area contributed by atoms with E-state index >= 15 is 0 Å². The first-order valence-electron chi connectivity index (χ1n) is 7.60. The average molecular weight is 417 g/mol. The zero-order valence-corrected chi connectivity index (χ0v) is 18.0. The van der Waals surface area contributed by atoms with Crippen molar-refractivity contribution in [2.75, 3.05) is 57.5 Å². The van der Waals surface area contributed by atoms with Gasteiger partial charge in [0.05, 0.1) is 0 Å². The fraction of sp³-hybridized carbons (Fsp3) is 1.00. The van der Waals surface area contributed by atoms with Crippen LogP contribution in [0.3, 0.4) is 0 Å². The Hall–Kier alpha value is 2.45. The smallest absolute Gasteiger partial charge is 0.0229 e. The third-order valence-corrected chi connectivity index (χ3v) is 14.7. The van der Waals surface area contributed by atoms with Gasteiger partial charge in [-0.2, -0.15) is 82.3 Å². The molecule has 3 fully saturated rings. The van der Waals surface area contributed by atoms with Crippen LogP contribution in [0.1, 0.15) is 0 Å². The van der Waals surface area contributed by atoms with Gasteiger partial charge >= 0.3 is 0 Å². The zero-order chi connectivity index (χ0) is 14.3. The van der Waals surface area contributed by atoms with Gasteiger partial charge in [-0.25, -0.2) is 0 Å². The lowest BCUT2D eigenvalue weighted by Gasteiger charge is -2.29. The maximum Gasteiger partial charge on any atom is 0.0229 e. The van der Waals surface area contributed by atoms with Gasteiger partial charge in [-0.1, -0.05) is 0 Å². The molecule has 3 rings (SSSR count). The molecular weight excluding hydrogens is 393 g/mol. The summed E-state index contributed by atoms with van der Waals surface area (Å²) in [6, 6.07) is 0. The minimum absolute atomic E-state index is 0.896. The molecule has 0 aromatic heterocycles. The van der Waals surface area contributed by atoms with Gasteiger partial charge in [-0.15, -0.1) is 0 Å². The maximum absolute atomic E-state index is 2.27. The van der Waals surface area contributed by atoms with Gasteiger partial charge in [0, 0.05) is 78.5 Å². The molecule has 3 aliphatic rings. The molecule has 122 valence electrons. The third kappa shape index (κ3) is 6.69. The molecule has 21 heavy (non-hydrogen) atoms. The molecule has 0 spiro atoms. The predicted octanol–water partition coefficient (Wildman–Crippen LogP) is 4.63. The second-order valence-electron chi connectivity index (χ2n) is 5.51. The molecule has 0 nitrogen and oxygen atoms in total. The molecule has 0 aliphatic carbocycles. The van der Waals surface area contributed by atoms with Crippen LogP contribution in [0, 0.1) is 0 Å². The van der Waals surface area contributed by atoms with E-state index in [2.05, 4.69) is 82.3 Å².